The lowest BCUT2D eigenvalue weighted by Gasteiger charge is -2.35. The van der Waals surface area contributed by atoms with Crippen LogP contribution < -0.4 is 10.5 Å². The lowest BCUT2D eigenvalue weighted by atomic mass is 9.86. The first kappa shape index (κ1) is 13.8. The molecule has 2 unspecified atom stereocenters. The number of alkyl halides is 3. The van der Waals surface area contributed by atoms with Gasteiger partial charge in [0.15, 0.2) is 0 Å². The fraction of sp³-hybridized carbons (Fsp3) is 0.455. The van der Waals surface area contributed by atoms with Gasteiger partial charge in [0, 0.05) is 11.6 Å². The van der Waals surface area contributed by atoms with Gasteiger partial charge >= 0.3 is 6.18 Å². The van der Waals surface area contributed by atoms with Crippen molar-refractivity contribution in [2.45, 2.75) is 24.7 Å². The molecule has 0 saturated carbocycles. The molecule has 0 aliphatic carbocycles. The molecule has 3 N–H and O–H groups in total. The number of hydrogen-bond acceptors (Lipinski definition) is 3. The average Bonchev–Trinajstić information content (AvgIpc) is 2.26. The Labute approximate surface area is 97.0 Å². The standard InChI is InChI=1S/C11H14F3NO2/c1-7(15)10(16,11(12,13)14)8-5-3-4-6-9(8)17-2/h3-7,16H,15H2,1-2H3. The smallest absolute Gasteiger partial charge is 0.423 e. The van der Waals surface area contributed by atoms with Crippen LogP contribution in [-0.2, 0) is 5.60 Å². The van der Waals surface area contributed by atoms with E-state index in [-0.39, 0.29) is 11.3 Å². The van der Waals surface area contributed by atoms with E-state index in [9.17, 15) is 18.3 Å². The van der Waals surface area contributed by atoms with Gasteiger partial charge in [-0.15, -0.1) is 0 Å². The third kappa shape index (κ3) is 2.23. The highest BCUT2D eigenvalue weighted by Crippen LogP contribution is 2.44. The van der Waals surface area contributed by atoms with Crippen LogP contribution in [0.5, 0.6) is 5.75 Å². The van der Waals surface area contributed by atoms with Gasteiger partial charge in [0.2, 0.25) is 5.60 Å². The second-order valence-corrected chi connectivity index (χ2v) is 3.75. The van der Waals surface area contributed by atoms with Crippen molar-refractivity contribution in [2.24, 2.45) is 5.73 Å². The van der Waals surface area contributed by atoms with Crippen molar-refractivity contribution >= 4 is 0 Å². The van der Waals surface area contributed by atoms with Crippen LogP contribution in [0, 0.1) is 0 Å². The molecular weight excluding hydrogens is 235 g/mol. The third-order valence-electron chi connectivity index (χ3n) is 2.61. The summed E-state index contributed by atoms with van der Waals surface area (Å²) in [5.74, 6) is -0.0513. The second kappa shape index (κ2) is 4.54. The van der Waals surface area contributed by atoms with Gasteiger partial charge < -0.3 is 15.6 Å². The molecule has 0 bridgehead atoms. The molecule has 0 spiro atoms. The van der Waals surface area contributed by atoms with E-state index in [4.69, 9.17) is 10.5 Å². The van der Waals surface area contributed by atoms with E-state index in [1.54, 1.807) is 0 Å². The Hall–Kier alpha value is -1.27. The van der Waals surface area contributed by atoms with Crippen LogP contribution in [0.25, 0.3) is 0 Å². The minimum atomic E-state index is -4.88. The molecule has 0 heterocycles. The molecule has 0 radical (unpaired) electrons. The van der Waals surface area contributed by atoms with Crippen LogP contribution in [0.3, 0.4) is 0 Å². The molecule has 0 amide bonds. The van der Waals surface area contributed by atoms with Gasteiger partial charge in [-0.3, -0.25) is 0 Å². The van der Waals surface area contributed by atoms with Gasteiger partial charge in [-0.2, -0.15) is 13.2 Å². The van der Waals surface area contributed by atoms with Crippen molar-refractivity contribution in [3.05, 3.63) is 29.8 Å². The quantitative estimate of drug-likeness (QED) is 0.858. The number of benzene rings is 1. The summed E-state index contributed by atoms with van der Waals surface area (Å²) in [4.78, 5) is 0. The highest BCUT2D eigenvalue weighted by molar-refractivity contribution is 5.40. The van der Waals surface area contributed by atoms with E-state index in [1.165, 1.54) is 25.3 Å². The number of methoxy groups -OCH3 is 1. The summed E-state index contributed by atoms with van der Waals surface area (Å²) < 4.78 is 43.7. The highest BCUT2D eigenvalue weighted by Gasteiger charge is 2.58. The number of ether oxygens (including phenoxy) is 1. The Kier molecular flexibility index (Phi) is 3.68. The lowest BCUT2D eigenvalue weighted by molar-refractivity contribution is -0.273. The predicted molar refractivity (Wildman–Crippen MR) is 56.6 cm³/mol. The molecule has 96 valence electrons. The number of para-hydroxylation sites is 1. The Morgan fingerprint density at radius 2 is 1.82 bits per heavy atom. The fourth-order valence-corrected chi connectivity index (χ4v) is 1.62. The molecule has 3 nitrogen and oxygen atoms in total. The monoisotopic (exact) mass is 249 g/mol. The maximum absolute atomic E-state index is 13.0. The van der Waals surface area contributed by atoms with Crippen LogP contribution in [0.4, 0.5) is 13.2 Å². The van der Waals surface area contributed by atoms with E-state index >= 15 is 0 Å². The SMILES string of the molecule is COc1ccccc1C(O)(C(C)N)C(F)(F)F. The fourth-order valence-electron chi connectivity index (χ4n) is 1.62. The van der Waals surface area contributed by atoms with Crippen LogP contribution in [-0.4, -0.2) is 24.4 Å². The van der Waals surface area contributed by atoms with Gasteiger partial charge in [0.1, 0.15) is 5.75 Å². The summed E-state index contributed by atoms with van der Waals surface area (Å²) in [5.41, 5.74) is 1.78. The Bertz CT molecular complexity index is 393. The van der Waals surface area contributed by atoms with Crippen molar-refractivity contribution in [2.75, 3.05) is 7.11 Å². The van der Waals surface area contributed by atoms with E-state index in [0.717, 1.165) is 13.0 Å². The van der Waals surface area contributed by atoms with E-state index in [1.807, 2.05) is 0 Å². The molecule has 0 aliphatic heterocycles. The number of aliphatic hydroxyl groups is 1. The normalized spacial score (nSPS) is 17.4. The van der Waals surface area contributed by atoms with Crippen LogP contribution in [0.2, 0.25) is 0 Å². The topological polar surface area (TPSA) is 55.5 Å². The van der Waals surface area contributed by atoms with Crippen molar-refractivity contribution < 1.29 is 23.0 Å². The number of nitrogens with two attached hydrogens (primary N) is 1. The molecule has 1 aromatic carbocycles. The van der Waals surface area contributed by atoms with Crippen molar-refractivity contribution in [1.82, 2.24) is 0 Å². The van der Waals surface area contributed by atoms with Crippen LogP contribution in [0.1, 0.15) is 12.5 Å². The summed E-state index contributed by atoms with van der Waals surface area (Å²) in [7, 11) is 1.23. The minimum absolute atomic E-state index is 0.0513. The van der Waals surface area contributed by atoms with Crippen molar-refractivity contribution in [3.8, 4) is 5.75 Å². The molecule has 6 heteroatoms. The van der Waals surface area contributed by atoms with Gasteiger partial charge in [-0.05, 0) is 13.0 Å². The largest absolute Gasteiger partial charge is 0.496 e. The minimum Gasteiger partial charge on any atom is -0.496 e. The average molecular weight is 249 g/mol. The Morgan fingerprint density at radius 1 is 1.29 bits per heavy atom. The summed E-state index contributed by atoms with van der Waals surface area (Å²) in [6.45, 7) is 1.10. The number of hydrogen-bond donors (Lipinski definition) is 2. The van der Waals surface area contributed by atoms with E-state index < -0.39 is 17.8 Å². The zero-order valence-electron chi connectivity index (χ0n) is 9.45. The maximum Gasteiger partial charge on any atom is 0.423 e. The van der Waals surface area contributed by atoms with Gasteiger partial charge in [-0.25, -0.2) is 0 Å². The second-order valence-electron chi connectivity index (χ2n) is 3.75. The Morgan fingerprint density at radius 3 is 2.24 bits per heavy atom. The molecule has 1 rings (SSSR count). The predicted octanol–water partition coefficient (Wildman–Crippen LogP) is 1.79. The molecular formula is C11H14F3NO2. The first-order valence-corrected chi connectivity index (χ1v) is 4.93. The van der Waals surface area contributed by atoms with Crippen molar-refractivity contribution in [3.63, 3.8) is 0 Å². The molecule has 17 heavy (non-hydrogen) atoms. The summed E-state index contributed by atoms with van der Waals surface area (Å²) in [5, 5.41) is 9.88. The lowest BCUT2D eigenvalue weighted by Crippen LogP contribution is -2.54. The van der Waals surface area contributed by atoms with Gasteiger partial charge in [-0.1, -0.05) is 18.2 Å². The molecule has 2 atom stereocenters. The summed E-state index contributed by atoms with van der Waals surface area (Å²) >= 11 is 0. The molecule has 1 aromatic rings. The highest BCUT2D eigenvalue weighted by atomic mass is 19.4. The maximum atomic E-state index is 13.0. The Balaban J connectivity index is 3.43. The molecule has 0 fully saturated rings. The first-order valence-electron chi connectivity index (χ1n) is 4.93. The van der Waals surface area contributed by atoms with Crippen molar-refractivity contribution in [1.29, 1.82) is 0 Å². The first-order chi connectivity index (χ1) is 7.75. The van der Waals surface area contributed by atoms with Gasteiger partial charge in [0.25, 0.3) is 0 Å². The van der Waals surface area contributed by atoms with Crippen LogP contribution >= 0.6 is 0 Å². The summed E-state index contributed by atoms with van der Waals surface area (Å²) in [6, 6.07) is 3.88. The molecule has 0 aliphatic rings. The van der Waals surface area contributed by atoms with Gasteiger partial charge in [0.05, 0.1) is 7.11 Å². The summed E-state index contributed by atoms with van der Waals surface area (Å²) in [6.07, 6.45) is -4.88. The zero-order chi connectivity index (χ0) is 13.3. The number of halogens is 3. The van der Waals surface area contributed by atoms with Crippen LogP contribution in [0.15, 0.2) is 24.3 Å². The third-order valence-corrected chi connectivity index (χ3v) is 2.61. The molecule has 0 saturated heterocycles. The van der Waals surface area contributed by atoms with E-state index in [0.29, 0.717) is 0 Å². The number of rotatable bonds is 3. The van der Waals surface area contributed by atoms with E-state index in [2.05, 4.69) is 0 Å². The molecule has 0 aromatic heterocycles. The zero-order valence-corrected chi connectivity index (χ0v) is 9.45.